The Bertz CT molecular complexity index is 594. The summed E-state index contributed by atoms with van der Waals surface area (Å²) in [4.78, 5) is 13.3. The van der Waals surface area contributed by atoms with Crippen LogP contribution in [-0.2, 0) is 19.4 Å². The maximum absolute atomic E-state index is 5.60. The molecule has 114 valence electrons. The Labute approximate surface area is 125 Å². The quantitative estimate of drug-likeness (QED) is 0.816. The van der Waals surface area contributed by atoms with Crippen LogP contribution in [0.25, 0.3) is 0 Å². The molecule has 0 atom stereocenters. The standard InChI is InChI=1S/C15H23N5O/c1-5-7-12-19-14(16-4)10(3)15(20-12)18-9-13-17-8-11(6-2)21-13/h8H,5-7,9H2,1-4H3,(H2,16,18,19,20). The molecule has 0 amide bonds. The predicted molar refractivity (Wildman–Crippen MR) is 83.5 cm³/mol. The first-order valence-electron chi connectivity index (χ1n) is 7.40. The van der Waals surface area contributed by atoms with Gasteiger partial charge in [-0.3, -0.25) is 0 Å². The van der Waals surface area contributed by atoms with Crippen molar-refractivity contribution in [3.05, 3.63) is 29.2 Å². The van der Waals surface area contributed by atoms with Gasteiger partial charge in [-0.05, 0) is 13.3 Å². The molecule has 2 rings (SSSR count). The van der Waals surface area contributed by atoms with Crippen LogP contribution in [0.2, 0.25) is 0 Å². The van der Waals surface area contributed by atoms with Crippen molar-refractivity contribution in [3.8, 4) is 0 Å². The third-order valence-corrected chi connectivity index (χ3v) is 3.26. The SMILES string of the molecule is CCCc1nc(NC)c(C)c(NCc2ncc(CC)o2)n1. The molecule has 0 aliphatic heterocycles. The van der Waals surface area contributed by atoms with E-state index in [1.165, 1.54) is 0 Å². The zero-order valence-corrected chi connectivity index (χ0v) is 13.2. The fourth-order valence-corrected chi connectivity index (χ4v) is 2.07. The molecule has 2 aromatic heterocycles. The number of anilines is 2. The van der Waals surface area contributed by atoms with Gasteiger partial charge in [0.05, 0.1) is 12.7 Å². The van der Waals surface area contributed by atoms with Crippen LogP contribution in [0.4, 0.5) is 11.6 Å². The lowest BCUT2D eigenvalue weighted by molar-refractivity contribution is 0.465. The van der Waals surface area contributed by atoms with Crippen molar-refractivity contribution in [3.63, 3.8) is 0 Å². The van der Waals surface area contributed by atoms with Crippen LogP contribution in [0, 0.1) is 6.92 Å². The van der Waals surface area contributed by atoms with Gasteiger partial charge in [0, 0.05) is 25.5 Å². The molecule has 0 aliphatic rings. The Morgan fingerprint density at radius 1 is 1.19 bits per heavy atom. The van der Waals surface area contributed by atoms with Crippen molar-refractivity contribution in [2.45, 2.75) is 46.6 Å². The normalized spacial score (nSPS) is 10.7. The molecular weight excluding hydrogens is 266 g/mol. The Morgan fingerprint density at radius 2 is 1.95 bits per heavy atom. The molecule has 2 aromatic rings. The minimum atomic E-state index is 0.520. The van der Waals surface area contributed by atoms with Gasteiger partial charge in [0.15, 0.2) is 0 Å². The summed E-state index contributed by atoms with van der Waals surface area (Å²) in [6.45, 7) is 6.68. The van der Waals surface area contributed by atoms with E-state index in [9.17, 15) is 0 Å². The molecule has 0 saturated carbocycles. The summed E-state index contributed by atoms with van der Waals surface area (Å²) >= 11 is 0. The molecule has 0 bridgehead atoms. The number of aryl methyl sites for hydroxylation is 2. The third-order valence-electron chi connectivity index (χ3n) is 3.26. The van der Waals surface area contributed by atoms with Crippen LogP contribution in [0.5, 0.6) is 0 Å². The van der Waals surface area contributed by atoms with Crippen molar-refractivity contribution in [2.24, 2.45) is 0 Å². The molecule has 21 heavy (non-hydrogen) atoms. The van der Waals surface area contributed by atoms with Crippen LogP contribution in [0.1, 0.15) is 43.3 Å². The zero-order chi connectivity index (χ0) is 15.2. The molecule has 0 aromatic carbocycles. The van der Waals surface area contributed by atoms with E-state index in [1.807, 2.05) is 20.9 Å². The van der Waals surface area contributed by atoms with Crippen molar-refractivity contribution >= 4 is 11.6 Å². The van der Waals surface area contributed by atoms with Crippen molar-refractivity contribution < 1.29 is 4.42 Å². The molecule has 0 fully saturated rings. The van der Waals surface area contributed by atoms with Gasteiger partial charge >= 0.3 is 0 Å². The lowest BCUT2D eigenvalue weighted by Gasteiger charge is -2.12. The van der Waals surface area contributed by atoms with E-state index in [0.29, 0.717) is 12.4 Å². The van der Waals surface area contributed by atoms with Crippen LogP contribution >= 0.6 is 0 Å². The van der Waals surface area contributed by atoms with Crippen LogP contribution in [0.3, 0.4) is 0 Å². The first-order valence-corrected chi connectivity index (χ1v) is 7.40. The highest BCUT2D eigenvalue weighted by Crippen LogP contribution is 2.20. The fraction of sp³-hybridized carbons (Fsp3) is 0.533. The summed E-state index contributed by atoms with van der Waals surface area (Å²) in [5.74, 6) is 4.10. The summed E-state index contributed by atoms with van der Waals surface area (Å²) in [5, 5.41) is 6.41. The van der Waals surface area contributed by atoms with Gasteiger partial charge in [-0.1, -0.05) is 13.8 Å². The molecule has 0 spiro atoms. The second-order valence-corrected chi connectivity index (χ2v) is 4.89. The molecule has 0 radical (unpaired) electrons. The molecule has 2 N–H and O–H groups in total. The summed E-state index contributed by atoms with van der Waals surface area (Å²) in [7, 11) is 1.87. The highest BCUT2D eigenvalue weighted by molar-refractivity contribution is 5.56. The summed E-state index contributed by atoms with van der Waals surface area (Å²) < 4.78 is 5.60. The number of nitrogens with zero attached hydrogens (tertiary/aromatic N) is 3. The minimum absolute atomic E-state index is 0.520. The van der Waals surface area contributed by atoms with E-state index in [4.69, 9.17) is 4.42 Å². The number of hydrogen-bond donors (Lipinski definition) is 2. The number of rotatable bonds is 7. The first-order chi connectivity index (χ1) is 10.2. The van der Waals surface area contributed by atoms with Crippen molar-refractivity contribution in [1.29, 1.82) is 0 Å². The molecule has 0 aliphatic carbocycles. The lowest BCUT2D eigenvalue weighted by Crippen LogP contribution is -2.10. The van der Waals surface area contributed by atoms with E-state index in [-0.39, 0.29) is 0 Å². The minimum Gasteiger partial charge on any atom is -0.444 e. The number of aromatic nitrogens is 3. The third kappa shape index (κ3) is 3.71. The van der Waals surface area contributed by atoms with Gasteiger partial charge in [-0.15, -0.1) is 0 Å². The van der Waals surface area contributed by atoms with E-state index >= 15 is 0 Å². The lowest BCUT2D eigenvalue weighted by atomic mass is 10.2. The molecule has 2 heterocycles. The maximum atomic E-state index is 5.60. The van der Waals surface area contributed by atoms with E-state index in [1.54, 1.807) is 6.20 Å². The number of oxazole rings is 1. The first kappa shape index (κ1) is 15.3. The van der Waals surface area contributed by atoms with Crippen molar-refractivity contribution in [2.75, 3.05) is 17.7 Å². The van der Waals surface area contributed by atoms with Crippen LogP contribution < -0.4 is 10.6 Å². The van der Waals surface area contributed by atoms with Gasteiger partial charge in [0.2, 0.25) is 5.89 Å². The smallest absolute Gasteiger partial charge is 0.213 e. The summed E-state index contributed by atoms with van der Waals surface area (Å²) in [5.41, 5.74) is 1.000. The number of nitrogens with one attached hydrogen (secondary N) is 2. The second-order valence-electron chi connectivity index (χ2n) is 4.89. The van der Waals surface area contributed by atoms with Crippen LogP contribution in [0.15, 0.2) is 10.6 Å². The van der Waals surface area contributed by atoms with Gasteiger partial charge < -0.3 is 15.1 Å². The van der Waals surface area contributed by atoms with E-state index in [2.05, 4.69) is 32.5 Å². The monoisotopic (exact) mass is 289 g/mol. The second kappa shape index (κ2) is 7.06. The van der Waals surface area contributed by atoms with Gasteiger partial charge in [0.25, 0.3) is 0 Å². The van der Waals surface area contributed by atoms with Crippen LogP contribution in [-0.4, -0.2) is 22.0 Å². The molecule has 0 unspecified atom stereocenters. The molecule has 0 saturated heterocycles. The van der Waals surface area contributed by atoms with Gasteiger partial charge in [-0.25, -0.2) is 15.0 Å². The average molecular weight is 289 g/mol. The highest BCUT2D eigenvalue weighted by atomic mass is 16.4. The Hall–Kier alpha value is -2.11. The summed E-state index contributed by atoms with van der Waals surface area (Å²) in [6, 6.07) is 0. The zero-order valence-electron chi connectivity index (χ0n) is 13.2. The summed E-state index contributed by atoms with van der Waals surface area (Å²) in [6.07, 6.45) is 4.50. The maximum Gasteiger partial charge on any atom is 0.213 e. The molecule has 6 heteroatoms. The molecule has 6 nitrogen and oxygen atoms in total. The Morgan fingerprint density at radius 3 is 2.57 bits per heavy atom. The van der Waals surface area contributed by atoms with Gasteiger partial charge in [-0.2, -0.15) is 0 Å². The topological polar surface area (TPSA) is 75.9 Å². The van der Waals surface area contributed by atoms with E-state index in [0.717, 1.165) is 48.0 Å². The largest absolute Gasteiger partial charge is 0.444 e. The van der Waals surface area contributed by atoms with Crippen molar-refractivity contribution in [1.82, 2.24) is 15.0 Å². The average Bonchev–Trinajstić information content (AvgIpc) is 2.95. The van der Waals surface area contributed by atoms with E-state index < -0.39 is 0 Å². The molecular formula is C15H23N5O. The predicted octanol–water partition coefficient (Wildman–Crippen LogP) is 2.94. The van der Waals surface area contributed by atoms with Gasteiger partial charge in [0.1, 0.15) is 23.2 Å². The number of hydrogen-bond acceptors (Lipinski definition) is 6. The Balaban J connectivity index is 2.15. The Kier molecular flexibility index (Phi) is 5.14. The highest BCUT2D eigenvalue weighted by Gasteiger charge is 2.10. The fourth-order valence-electron chi connectivity index (χ4n) is 2.07.